The van der Waals surface area contributed by atoms with E-state index in [1.807, 2.05) is 79.5 Å². The SMILES string of the molecule is CP(=N)(N(c1ccccc1)c1ccccc1)N(c1ccccc1)c1ccccc1. The number of nitrogens with one attached hydrogen (secondary N) is 1. The second-order valence-electron chi connectivity index (χ2n) is 6.88. The Balaban J connectivity index is 1.93. The van der Waals surface area contributed by atoms with Gasteiger partial charge in [0.15, 0.2) is 0 Å². The van der Waals surface area contributed by atoms with Crippen molar-refractivity contribution in [3.8, 4) is 0 Å². The number of rotatable bonds is 6. The smallest absolute Gasteiger partial charge is 0.148 e. The van der Waals surface area contributed by atoms with Crippen LogP contribution in [0.25, 0.3) is 0 Å². The zero-order valence-corrected chi connectivity index (χ0v) is 17.3. The van der Waals surface area contributed by atoms with Gasteiger partial charge in [0, 0.05) is 29.4 Å². The van der Waals surface area contributed by atoms with E-state index in [0.29, 0.717) is 0 Å². The van der Waals surface area contributed by atoms with Crippen molar-refractivity contribution in [1.29, 1.82) is 5.16 Å². The maximum atomic E-state index is 9.75. The molecule has 0 radical (unpaired) electrons. The molecule has 0 saturated heterocycles. The summed E-state index contributed by atoms with van der Waals surface area (Å²) >= 11 is 0. The van der Waals surface area contributed by atoms with Gasteiger partial charge in [-0.1, -0.05) is 72.8 Å². The highest BCUT2D eigenvalue weighted by Crippen LogP contribution is 2.61. The molecule has 0 amide bonds. The molecule has 0 fully saturated rings. The molecular formula is C25H24N3P. The van der Waals surface area contributed by atoms with E-state index in [0.717, 1.165) is 22.7 Å². The summed E-state index contributed by atoms with van der Waals surface area (Å²) < 4.78 is 4.35. The van der Waals surface area contributed by atoms with Gasteiger partial charge in [-0.05, 0) is 48.5 Å². The van der Waals surface area contributed by atoms with Gasteiger partial charge in [-0.2, -0.15) is 0 Å². The Morgan fingerprint density at radius 2 is 0.655 bits per heavy atom. The van der Waals surface area contributed by atoms with Crippen LogP contribution in [0.4, 0.5) is 22.7 Å². The molecule has 0 aliphatic carbocycles. The highest BCUT2D eigenvalue weighted by Gasteiger charge is 2.31. The van der Waals surface area contributed by atoms with Crippen molar-refractivity contribution in [3.05, 3.63) is 121 Å². The third kappa shape index (κ3) is 3.96. The number of hydrogen-bond acceptors (Lipinski definition) is 1. The number of hydrogen-bond donors (Lipinski definition) is 1. The van der Waals surface area contributed by atoms with Gasteiger partial charge in [0.25, 0.3) is 0 Å². The fraction of sp³-hybridized carbons (Fsp3) is 0.0400. The minimum Gasteiger partial charge on any atom is -0.292 e. The minimum absolute atomic E-state index is 1.02. The fourth-order valence-corrected chi connectivity index (χ4v) is 6.07. The van der Waals surface area contributed by atoms with Gasteiger partial charge in [0.1, 0.15) is 7.36 Å². The first-order valence-corrected chi connectivity index (χ1v) is 11.7. The Labute approximate surface area is 172 Å². The maximum Gasteiger partial charge on any atom is 0.148 e. The van der Waals surface area contributed by atoms with Crippen molar-refractivity contribution in [2.75, 3.05) is 16.0 Å². The minimum atomic E-state index is -2.63. The first kappa shape index (κ1) is 19.0. The molecule has 0 saturated carbocycles. The molecule has 0 spiro atoms. The van der Waals surface area contributed by atoms with Crippen molar-refractivity contribution < 1.29 is 0 Å². The molecule has 4 aromatic rings. The molecule has 4 rings (SSSR count). The lowest BCUT2D eigenvalue weighted by molar-refractivity contribution is 1.28. The third-order valence-electron chi connectivity index (χ3n) is 4.78. The number of nitrogens with zero attached hydrogens (tertiary/aromatic N) is 2. The van der Waals surface area contributed by atoms with E-state index < -0.39 is 7.36 Å². The normalized spacial score (nSPS) is 11.1. The summed E-state index contributed by atoms with van der Waals surface area (Å²) in [6.07, 6.45) is 0. The summed E-state index contributed by atoms with van der Waals surface area (Å²) in [6, 6.07) is 40.9. The fourth-order valence-electron chi connectivity index (χ4n) is 3.56. The summed E-state index contributed by atoms with van der Waals surface area (Å²) in [6.45, 7) is 2.05. The predicted octanol–water partition coefficient (Wildman–Crippen LogP) is 7.90. The summed E-state index contributed by atoms with van der Waals surface area (Å²) in [5.74, 6) is 0. The van der Waals surface area contributed by atoms with E-state index in [1.165, 1.54) is 0 Å². The molecule has 144 valence electrons. The lowest BCUT2D eigenvalue weighted by Crippen LogP contribution is -2.25. The van der Waals surface area contributed by atoms with Crippen molar-refractivity contribution >= 4 is 30.1 Å². The van der Waals surface area contributed by atoms with Gasteiger partial charge in [-0.3, -0.25) is 14.5 Å². The van der Waals surface area contributed by atoms with E-state index in [-0.39, 0.29) is 0 Å². The molecule has 1 N–H and O–H groups in total. The Morgan fingerprint density at radius 1 is 0.448 bits per heavy atom. The molecule has 0 aromatic heterocycles. The van der Waals surface area contributed by atoms with Crippen molar-refractivity contribution in [2.24, 2.45) is 0 Å². The van der Waals surface area contributed by atoms with Gasteiger partial charge < -0.3 is 0 Å². The van der Waals surface area contributed by atoms with Crippen LogP contribution >= 0.6 is 7.36 Å². The Bertz CT molecular complexity index is 918. The highest BCUT2D eigenvalue weighted by molar-refractivity contribution is 7.68. The highest BCUT2D eigenvalue weighted by atomic mass is 31.2. The molecule has 0 aliphatic rings. The second kappa shape index (κ2) is 8.38. The molecule has 0 unspecified atom stereocenters. The summed E-state index contributed by atoms with van der Waals surface area (Å²) in [5, 5.41) is 9.75. The maximum absolute atomic E-state index is 9.75. The first-order valence-electron chi connectivity index (χ1n) is 9.61. The van der Waals surface area contributed by atoms with E-state index in [4.69, 9.17) is 0 Å². The quantitative estimate of drug-likeness (QED) is 0.335. The largest absolute Gasteiger partial charge is 0.292 e. The molecule has 0 heterocycles. The van der Waals surface area contributed by atoms with Crippen LogP contribution in [0.3, 0.4) is 0 Å². The zero-order valence-electron chi connectivity index (χ0n) is 16.4. The van der Waals surface area contributed by atoms with Crippen LogP contribution in [-0.4, -0.2) is 6.66 Å². The van der Waals surface area contributed by atoms with Crippen LogP contribution in [-0.2, 0) is 0 Å². The molecular weight excluding hydrogens is 373 g/mol. The summed E-state index contributed by atoms with van der Waals surface area (Å²) in [7, 11) is -2.63. The van der Waals surface area contributed by atoms with Crippen molar-refractivity contribution in [3.63, 3.8) is 0 Å². The van der Waals surface area contributed by atoms with Crippen LogP contribution < -0.4 is 9.34 Å². The first-order chi connectivity index (χ1) is 14.2. The molecule has 4 heteroatoms. The number of para-hydroxylation sites is 4. The van der Waals surface area contributed by atoms with Crippen LogP contribution in [0.5, 0.6) is 0 Å². The summed E-state index contributed by atoms with van der Waals surface area (Å²) in [5.41, 5.74) is 4.06. The molecule has 0 bridgehead atoms. The molecule has 29 heavy (non-hydrogen) atoms. The van der Waals surface area contributed by atoms with Crippen molar-refractivity contribution in [1.82, 2.24) is 0 Å². The van der Waals surface area contributed by atoms with Gasteiger partial charge in [-0.25, -0.2) is 0 Å². The van der Waals surface area contributed by atoms with Gasteiger partial charge >= 0.3 is 0 Å². The third-order valence-corrected chi connectivity index (χ3v) is 7.26. The Morgan fingerprint density at radius 3 is 0.862 bits per heavy atom. The molecule has 3 nitrogen and oxygen atoms in total. The Hall–Kier alpha value is -3.29. The second-order valence-corrected chi connectivity index (χ2v) is 9.50. The van der Waals surface area contributed by atoms with Crippen LogP contribution in [0, 0.1) is 5.16 Å². The predicted molar refractivity (Wildman–Crippen MR) is 126 cm³/mol. The van der Waals surface area contributed by atoms with E-state index in [9.17, 15) is 5.16 Å². The lowest BCUT2D eigenvalue weighted by Gasteiger charge is -2.43. The molecule has 0 aliphatic heterocycles. The van der Waals surface area contributed by atoms with Gasteiger partial charge in [0.05, 0.1) is 0 Å². The average molecular weight is 397 g/mol. The monoisotopic (exact) mass is 397 g/mol. The average Bonchev–Trinajstić information content (AvgIpc) is 2.77. The molecule has 0 atom stereocenters. The zero-order chi connectivity index (χ0) is 20.1. The lowest BCUT2D eigenvalue weighted by atomic mass is 10.3. The van der Waals surface area contributed by atoms with E-state index >= 15 is 0 Å². The number of benzene rings is 4. The van der Waals surface area contributed by atoms with Gasteiger partial charge in [0.2, 0.25) is 0 Å². The van der Waals surface area contributed by atoms with Crippen LogP contribution in [0.15, 0.2) is 121 Å². The number of anilines is 4. The molecule has 4 aromatic carbocycles. The van der Waals surface area contributed by atoms with Crippen LogP contribution in [0.2, 0.25) is 0 Å². The Kier molecular flexibility index (Phi) is 5.50. The summed E-state index contributed by atoms with van der Waals surface area (Å²) in [4.78, 5) is 0. The van der Waals surface area contributed by atoms with E-state index in [2.05, 4.69) is 57.9 Å². The van der Waals surface area contributed by atoms with Gasteiger partial charge in [-0.15, -0.1) is 0 Å². The van der Waals surface area contributed by atoms with E-state index in [1.54, 1.807) is 0 Å². The van der Waals surface area contributed by atoms with Crippen molar-refractivity contribution in [2.45, 2.75) is 0 Å². The van der Waals surface area contributed by atoms with Crippen LogP contribution in [0.1, 0.15) is 0 Å². The topological polar surface area (TPSA) is 30.3 Å². The standard InChI is InChI=1S/C25H24N3P/c1-29(26,27(22-14-6-2-7-15-22)23-16-8-3-9-17-23)28(24-18-10-4-11-19-24)25-20-12-5-13-21-25/h2-21,26H,1H3.